The SMILES string of the molecule is Cc1cccc(-c2cc(C)nc(Cl)c2C#N)c1. The highest BCUT2D eigenvalue weighted by molar-refractivity contribution is 6.31. The zero-order valence-corrected chi connectivity index (χ0v) is 10.4. The van der Waals surface area contributed by atoms with Crippen molar-refractivity contribution >= 4 is 11.6 Å². The maximum Gasteiger partial charge on any atom is 0.147 e. The van der Waals surface area contributed by atoms with Crippen molar-refractivity contribution in [3.63, 3.8) is 0 Å². The van der Waals surface area contributed by atoms with Gasteiger partial charge in [-0.2, -0.15) is 5.26 Å². The zero-order chi connectivity index (χ0) is 12.4. The third-order valence-corrected chi connectivity index (χ3v) is 2.82. The van der Waals surface area contributed by atoms with E-state index in [-0.39, 0.29) is 5.15 Å². The number of aryl methyl sites for hydroxylation is 2. The molecule has 1 aromatic heterocycles. The number of aromatic nitrogens is 1. The van der Waals surface area contributed by atoms with Gasteiger partial charge in [0.25, 0.3) is 0 Å². The van der Waals surface area contributed by atoms with Crippen LogP contribution in [0.25, 0.3) is 11.1 Å². The van der Waals surface area contributed by atoms with E-state index in [1.54, 1.807) is 0 Å². The van der Waals surface area contributed by atoms with Crippen molar-refractivity contribution in [2.45, 2.75) is 13.8 Å². The molecule has 3 heteroatoms. The minimum atomic E-state index is 0.268. The summed E-state index contributed by atoms with van der Waals surface area (Å²) >= 11 is 5.99. The topological polar surface area (TPSA) is 36.7 Å². The molecule has 0 aliphatic rings. The molecule has 0 spiro atoms. The first-order valence-corrected chi connectivity index (χ1v) is 5.64. The fourth-order valence-electron chi connectivity index (χ4n) is 1.78. The molecule has 0 bridgehead atoms. The van der Waals surface area contributed by atoms with Crippen molar-refractivity contribution in [1.82, 2.24) is 4.98 Å². The molecule has 0 unspecified atom stereocenters. The maximum absolute atomic E-state index is 9.15. The smallest absolute Gasteiger partial charge is 0.147 e. The number of halogens is 1. The van der Waals surface area contributed by atoms with E-state index in [0.717, 1.165) is 22.4 Å². The highest BCUT2D eigenvalue weighted by atomic mass is 35.5. The van der Waals surface area contributed by atoms with Gasteiger partial charge in [-0.05, 0) is 25.5 Å². The molecule has 0 saturated carbocycles. The fraction of sp³-hybridized carbons (Fsp3) is 0.143. The number of rotatable bonds is 1. The lowest BCUT2D eigenvalue weighted by Gasteiger charge is -2.07. The Morgan fingerprint density at radius 2 is 2.00 bits per heavy atom. The Morgan fingerprint density at radius 1 is 1.24 bits per heavy atom. The van der Waals surface area contributed by atoms with Gasteiger partial charge in [-0.1, -0.05) is 41.4 Å². The van der Waals surface area contributed by atoms with E-state index in [1.807, 2.05) is 44.2 Å². The van der Waals surface area contributed by atoms with Crippen LogP contribution < -0.4 is 0 Å². The summed E-state index contributed by atoms with van der Waals surface area (Å²) in [7, 11) is 0. The average Bonchev–Trinajstić information content (AvgIpc) is 2.28. The summed E-state index contributed by atoms with van der Waals surface area (Å²) in [5.74, 6) is 0. The van der Waals surface area contributed by atoms with Gasteiger partial charge in [-0.25, -0.2) is 4.98 Å². The van der Waals surface area contributed by atoms with Crippen molar-refractivity contribution in [1.29, 1.82) is 5.26 Å². The quantitative estimate of drug-likeness (QED) is 0.712. The number of benzene rings is 1. The fourth-order valence-corrected chi connectivity index (χ4v) is 2.06. The normalized spacial score (nSPS) is 10.0. The summed E-state index contributed by atoms with van der Waals surface area (Å²) in [6, 6.07) is 12.0. The summed E-state index contributed by atoms with van der Waals surface area (Å²) in [5.41, 5.74) is 4.23. The third-order valence-electron chi connectivity index (χ3n) is 2.54. The summed E-state index contributed by atoms with van der Waals surface area (Å²) in [6.07, 6.45) is 0. The van der Waals surface area contributed by atoms with Crippen molar-refractivity contribution < 1.29 is 0 Å². The Labute approximate surface area is 105 Å². The van der Waals surface area contributed by atoms with E-state index in [1.165, 1.54) is 0 Å². The van der Waals surface area contributed by atoms with Crippen molar-refractivity contribution in [3.8, 4) is 17.2 Å². The molecule has 84 valence electrons. The van der Waals surface area contributed by atoms with Crippen LogP contribution in [0.1, 0.15) is 16.8 Å². The largest absolute Gasteiger partial charge is 0.240 e. The molecule has 0 N–H and O–H groups in total. The highest BCUT2D eigenvalue weighted by Gasteiger charge is 2.11. The van der Waals surface area contributed by atoms with Crippen molar-refractivity contribution in [3.05, 3.63) is 52.3 Å². The van der Waals surface area contributed by atoms with Crippen LogP contribution in [0, 0.1) is 25.2 Å². The van der Waals surface area contributed by atoms with Gasteiger partial charge in [0.1, 0.15) is 11.2 Å². The summed E-state index contributed by atoms with van der Waals surface area (Å²) in [6.45, 7) is 3.89. The van der Waals surface area contributed by atoms with Crippen LogP contribution in [0.4, 0.5) is 0 Å². The number of hydrogen-bond donors (Lipinski definition) is 0. The second-order valence-electron chi connectivity index (χ2n) is 3.96. The lowest BCUT2D eigenvalue weighted by Crippen LogP contribution is -1.92. The second-order valence-corrected chi connectivity index (χ2v) is 4.32. The van der Waals surface area contributed by atoms with Crippen LogP contribution in [-0.2, 0) is 0 Å². The van der Waals surface area contributed by atoms with Crippen LogP contribution in [-0.4, -0.2) is 4.98 Å². The molecule has 0 fully saturated rings. The minimum absolute atomic E-state index is 0.268. The molecule has 2 nitrogen and oxygen atoms in total. The second kappa shape index (κ2) is 4.57. The van der Waals surface area contributed by atoms with E-state index >= 15 is 0 Å². The van der Waals surface area contributed by atoms with Crippen LogP contribution in [0.5, 0.6) is 0 Å². The zero-order valence-electron chi connectivity index (χ0n) is 9.66. The van der Waals surface area contributed by atoms with Gasteiger partial charge in [0.15, 0.2) is 0 Å². The van der Waals surface area contributed by atoms with Gasteiger partial charge >= 0.3 is 0 Å². The van der Waals surface area contributed by atoms with Gasteiger partial charge < -0.3 is 0 Å². The lowest BCUT2D eigenvalue weighted by molar-refractivity contribution is 1.19. The molecule has 0 saturated heterocycles. The maximum atomic E-state index is 9.15. The predicted octanol–water partition coefficient (Wildman–Crippen LogP) is 3.89. The van der Waals surface area contributed by atoms with Gasteiger partial charge in [0, 0.05) is 11.3 Å². The van der Waals surface area contributed by atoms with E-state index in [9.17, 15) is 0 Å². The van der Waals surface area contributed by atoms with Crippen LogP contribution in [0.2, 0.25) is 5.15 Å². The van der Waals surface area contributed by atoms with E-state index in [4.69, 9.17) is 16.9 Å². The number of hydrogen-bond acceptors (Lipinski definition) is 2. The molecular weight excluding hydrogens is 232 g/mol. The van der Waals surface area contributed by atoms with E-state index in [2.05, 4.69) is 11.1 Å². The van der Waals surface area contributed by atoms with Crippen LogP contribution in [0.15, 0.2) is 30.3 Å². The Hall–Kier alpha value is -1.85. The molecule has 2 aromatic rings. The van der Waals surface area contributed by atoms with Crippen molar-refractivity contribution in [2.75, 3.05) is 0 Å². The first-order valence-electron chi connectivity index (χ1n) is 5.26. The Bertz CT molecular complexity index is 612. The first kappa shape index (κ1) is 11.6. The van der Waals surface area contributed by atoms with Crippen LogP contribution >= 0.6 is 11.6 Å². The summed E-state index contributed by atoms with van der Waals surface area (Å²) in [5, 5.41) is 9.41. The molecule has 17 heavy (non-hydrogen) atoms. The molecule has 1 heterocycles. The Kier molecular flexibility index (Phi) is 3.12. The van der Waals surface area contributed by atoms with Gasteiger partial charge in [0.2, 0.25) is 0 Å². The monoisotopic (exact) mass is 242 g/mol. The van der Waals surface area contributed by atoms with E-state index in [0.29, 0.717) is 5.56 Å². The molecule has 0 amide bonds. The number of nitrogens with zero attached hydrogens (tertiary/aromatic N) is 2. The molecule has 0 atom stereocenters. The molecule has 2 rings (SSSR count). The molecule has 0 aliphatic heterocycles. The molecule has 0 aliphatic carbocycles. The minimum Gasteiger partial charge on any atom is -0.240 e. The molecule has 0 radical (unpaired) electrons. The first-order chi connectivity index (χ1) is 8.11. The number of pyridine rings is 1. The van der Waals surface area contributed by atoms with E-state index < -0.39 is 0 Å². The standard InChI is InChI=1S/C14H11ClN2/c1-9-4-3-5-11(6-9)12-7-10(2)17-14(15)13(12)8-16/h3-7H,1-2H3. The van der Waals surface area contributed by atoms with Crippen molar-refractivity contribution in [2.24, 2.45) is 0 Å². The highest BCUT2D eigenvalue weighted by Crippen LogP contribution is 2.28. The predicted molar refractivity (Wildman–Crippen MR) is 68.9 cm³/mol. The van der Waals surface area contributed by atoms with Gasteiger partial charge in [0.05, 0.1) is 5.56 Å². The molecular formula is C14H11ClN2. The van der Waals surface area contributed by atoms with Crippen LogP contribution in [0.3, 0.4) is 0 Å². The third kappa shape index (κ3) is 2.30. The van der Waals surface area contributed by atoms with Gasteiger partial charge in [-0.3, -0.25) is 0 Å². The molecule has 1 aromatic carbocycles. The Morgan fingerprint density at radius 3 is 2.65 bits per heavy atom. The Balaban J connectivity index is 2.71. The number of nitriles is 1. The summed E-state index contributed by atoms with van der Waals surface area (Å²) in [4.78, 5) is 4.10. The summed E-state index contributed by atoms with van der Waals surface area (Å²) < 4.78 is 0. The lowest BCUT2D eigenvalue weighted by atomic mass is 10.00. The van der Waals surface area contributed by atoms with Gasteiger partial charge in [-0.15, -0.1) is 0 Å². The average molecular weight is 243 g/mol.